The van der Waals surface area contributed by atoms with Gasteiger partial charge in [0, 0.05) is 84.0 Å². The quantitative estimate of drug-likeness (QED) is 0.166. The summed E-state index contributed by atoms with van der Waals surface area (Å²) in [5, 5.41) is 6.12. The number of anilines is 6. The van der Waals surface area contributed by atoms with Crippen molar-refractivity contribution >= 4 is 99.9 Å². The summed E-state index contributed by atoms with van der Waals surface area (Å²) in [7, 11) is 0. The molecule has 15 rings (SSSR count). The molecule has 0 fully saturated rings. The van der Waals surface area contributed by atoms with Crippen molar-refractivity contribution in [3.8, 4) is 22.3 Å². The lowest BCUT2D eigenvalue weighted by atomic mass is 9.82. The maximum atomic E-state index is 6.95. The Labute approximate surface area is 435 Å². The first-order valence-corrected chi connectivity index (χ1v) is 26.2. The van der Waals surface area contributed by atoms with Gasteiger partial charge < -0.3 is 23.1 Å². The summed E-state index contributed by atoms with van der Waals surface area (Å²) < 4.78 is 20.6. The Bertz CT molecular complexity index is 4570. The number of fused-ring (bicyclic) bond motifs is 17. The van der Waals surface area contributed by atoms with E-state index >= 15 is 0 Å². The largest absolute Gasteiger partial charge is 0.456 e. The summed E-state index contributed by atoms with van der Waals surface area (Å²) in [4.78, 5) is 4.76. The summed E-state index contributed by atoms with van der Waals surface area (Å²) in [5.41, 5.74) is 26.5. The fraction of sp³-hybridized carbons (Fsp3) is 0.143. The minimum absolute atomic E-state index is 0.133. The van der Waals surface area contributed by atoms with E-state index in [-0.39, 0.29) is 10.8 Å². The van der Waals surface area contributed by atoms with E-state index in [1.54, 1.807) is 0 Å². The van der Waals surface area contributed by atoms with Gasteiger partial charge >= 0.3 is 0 Å². The minimum Gasteiger partial charge on any atom is -0.456 e. The zero-order valence-corrected chi connectivity index (χ0v) is 43.4. The molecule has 0 bridgehead atoms. The molecular weight excluding hydrogens is 917 g/mol. The van der Waals surface area contributed by atoms with E-state index < -0.39 is 0 Å². The second-order valence-corrected chi connectivity index (χ2v) is 22.5. The lowest BCUT2D eigenvalue weighted by molar-refractivity contribution is 0.660. The van der Waals surface area contributed by atoms with Crippen LogP contribution in [0.2, 0.25) is 0 Å². The third-order valence-electron chi connectivity index (χ3n) is 16.7. The fourth-order valence-corrected chi connectivity index (χ4v) is 13.4. The van der Waals surface area contributed by atoms with Gasteiger partial charge in [-0.2, -0.15) is 0 Å². The summed E-state index contributed by atoms with van der Waals surface area (Å²) in [6, 6.07) is 66.9. The van der Waals surface area contributed by atoms with E-state index in [0.717, 1.165) is 99.9 Å². The number of aryl methyl sites for hydroxylation is 4. The molecule has 2 aliphatic rings. The van der Waals surface area contributed by atoms with E-state index in [1.807, 2.05) is 0 Å². The molecule has 10 aromatic carbocycles. The van der Waals surface area contributed by atoms with Crippen molar-refractivity contribution in [3.05, 3.63) is 226 Å². The molecule has 0 amide bonds. The number of benzene rings is 10. The van der Waals surface area contributed by atoms with Gasteiger partial charge in [0.15, 0.2) is 0 Å². The van der Waals surface area contributed by atoms with Crippen LogP contribution in [0.1, 0.15) is 72.2 Å². The first kappa shape index (κ1) is 43.8. The second-order valence-electron chi connectivity index (χ2n) is 22.5. The van der Waals surface area contributed by atoms with Gasteiger partial charge in [-0.25, -0.2) is 0 Å². The Morgan fingerprint density at radius 1 is 0.293 bits per heavy atom. The van der Waals surface area contributed by atoms with Crippen LogP contribution in [0.3, 0.4) is 0 Å². The van der Waals surface area contributed by atoms with Crippen LogP contribution in [0.25, 0.3) is 88.1 Å². The molecule has 0 unspecified atom stereocenters. The SMILES string of the molecule is Cc1cc(C)cc(N(c2ccc3c(c2)C(C)(C)c2ccccc2-3)c2ccc3c(c2)oc2ccc4c(oc5ccc6oc7cc(N(c8cc(C)cc(C)c8)c8ccc9c(c8)C(C)(C)c8ccccc8-9)ccc7c6c54)c23)c1. The lowest BCUT2D eigenvalue weighted by Crippen LogP contribution is -2.16. The molecule has 362 valence electrons. The maximum Gasteiger partial charge on any atom is 0.147 e. The van der Waals surface area contributed by atoms with Gasteiger partial charge in [0.2, 0.25) is 0 Å². The Morgan fingerprint density at radius 2 is 0.667 bits per heavy atom. The van der Waals surface area contributed by atoms with Crippen molar-refractivity contribution in [2.24, 2.45) is 0 Å². The van der Waals surface area contributed by atoms with Gasteiger partial charge in [-0.05, 0) is 192 Å². The predicted molar refractivity (Wildman–Crippen MR) is 312 cm³/mol. The molecule has 5 nitrogen and oxygen atoms in total. The van der Waals surface area contributed by atoms with E-state index in [4.69, 9.17) is 13.3 Å². The average Bonchev–Trinajstić information content (AvgIpc) is 4.24. The molecule has 3 heterocycles. The van der Waals surface area contributed by atoms with Crippen LogP contribution in [0, 0.1) is 27.7 Å². The van der Waals surface area contributed by atoms with E-state index in [0.29, 0.717) is 0 Å². The Hall–Kier alpha value is -8.80. The summed E-state index contributed by atoms with van der Waals surface area (Å²) in [6.45, 7) is 18.1. The van der Waals surface area contributed by atoms with Crippen LogP contribution < -0.4 is 9.80 Å². The summed E-state index contributed by atoms with van der Waals surface area (Å²) >= 11 is 0. The van der Waals surface area contributed by atoms with Crippen molar-refractivity contribution in [3.63, 3.8) is 0 Å². The van der Waals surface area contributed by atoms with Crippen molar-refractivity contribution in [1.29, 1.82) is 0 Å². The Balaban J connectivity index is 0.861. The number of hydrogen-bond donors (Lipinski definition) is 0. The monoisotopic (exact) mass is 970 g/mol. The van der Waals surface area contributed by atoms with Crippen LogP contribution in [0.15, 0.2) is 195 Å². The predicted octanol–water partition coefficient (Wildman–Crippen LogP) is 20.2. The van der Waals surface area contributed by atoms with Crippen LogP contribution >= 0.6 is 0 Å². The highest BCUT2D eigenvalue weighted by Gasteiger charge is 2.37. The van der Waals surface area contributed by atoms with Crippen molar-refractivity contribution in [2.75, 3.05) is 9.80 Å². The van der Waals surface area contributed by atoms with Crippen molar-refractivity contribution < 1.29 is 13.3 Å². The maximum absolute atomic E-state index is 6.95. The highest BCUT2D eigenvalue weighted by Crippen LogP contribution is 2.54. The highest BCUT2D eigenvalue weighted by atomic mass is 16.3. The number of rotatable bonds is 6. The number of hydrogen-bond acceptors (Lipinski definition) is 5. The van der Waals surface area contributed by atoms with Crippen LogP contribution in [-0.4, -0.2) is 0 Å². The molecule has 0 saturated carbocycles. The van der Waals surface area contributed by atoms with E-state index in [1.165, 1.54) is 66.8 Å². The average molecular weight is 971 g/mol. The third-order valence-corrected chi connectivity index (χ3v) is 16.7. The molecule has 0 saturated heterocycles. The molecule has 2 aliphatic carbocycles. The molecule has 0 N–H and O–H groups in total. The molecule has 0 aliphatic heterocycles. The van der Waals surface area contributed by atoms with Gasteiger partial charge in [-0.1, -0.05) is 100 Å². The van der Waals surface area contributed by atoms with Gasteiger partial charge in [-0.15, -0.1) is 0 Å². The smallest absolute Gasteiger partial charge is 0.147 e. The third kappa shape index (κ3) is 6.31. The van der Waals surface area contributed by atoms with Crippen LogP contribution in [0.4, 0.5) is 34.1 Å². The standard InChI is InChI=1S/C70H54N2O3/c1-39-29-40(2)32-47(31-39)71(43-17-21-51-49-13-9-11-15-56(49)69(5,6)58(51)35-43)45-19-23-53-63(37-45)73-60-27-28-61-66(65(53)60)55-25-26-62-67(68(55)75-61)54-24-20-46(38-64(54)74-62)72(48-33-41(3)30-42(4)34-48)44-18-22-52-50-14-10-12-16-57(50)70(7,8)59(52)36-44/h9-38H,1-8H3. The highest BCUT2D eigenvalue weighted by molar-refractivity contribution is 6.30. The lowest BCUT2D eigenvalue weighted by Gasteiger charge is -2.28. The second kappa shape index (κ2) is 15.4. The minimum atomic E-state index is -0.134. The first-order chi connectivity index (χ1) is 36.3. The molecular formula is C70H54N2O3. The van der Waals surface area contributed by atoms with Crippen molar-refractivity contribution in [1.82, 2.24) is 0 Å². The van der Waals surface area contributed by atoms with Crippen LogP contribution in [-0.2, 0) is 10.8 Å². The normalized spacial score (nSPS) is 14.1. The summed E-state index contributed by atoms with van der Waals surface area (Å²) in [6.07, 6.45) is 0. The zero-order valence-electron chi connectivity index (χ0n) is 43.4. The van der Waals surface area contributed by atoms with Gasteiger partial charge in [0.25, 0.3) is 0 Å². The molecule has 0 spiro atoms. The molecule has 0 atom stereocenters. The Kier molecular flexibility index (Phi) is 8.97. The summed E-state index contributed by atoms with van der Waals surface area (Å²) in [5.74, 6) is 0. The molecule has 0 radical (unpaired) electrons. The molecule has 75 heavy (non-hydrogen) atoms. The van der Waals surface area contributed by atoms with Gasteiger partial charge in [0.1, 0.15) is 33.5 Å². The van der Waals surface area contributed by atoms with Gasteiger partial charge in [0.05, 0.1) is 5.39 Å². The zero-order chi connectivity index (χ0) is 50.8. The molecule has 3 aromatic heterocycles. The van der Waals surface area contributed by atoms with Gasteiger partial charge in [-0.3, -0.25) is 0 Å². The first-order valence-electron chi connectivity index (χ1n) is 26.2. The molecule has 13 aromatic rings. The number of furan rings is 3. The van der Waals surface area contributed by atoms with E-state index in [2.05, 4.69) is 247 Å². The molecule has 5 heteroatoms. The topological polar surface area (TPSA) is 45.9 Å². The van der Waals surface area contributed by atoms with Crippen LogP contribution in [0.5, 0.6) is 0 Å². The Morgan fingerprint density at radius 3 is 1.17 bits per heavy atom. The van der Waals surface area contributed by atoms with Crippen molar-refractivity contribution in [2.45, 2.75) is 66.2 Å². The number of nitrogens with zero attached hydrogens (tertiary/aromatic N) is 2. The fourth-order valence-electron chi connectivity index (χ4n) is 13.4. The van der Waals surface area contributed by atoms with E-state index in [9.17, 15) is 0 Å².